The summed E-state index contributed by atoms with van der Waals surface area (Å²) in [5, 5.41) is 3.11. The van der Waals surface area contributed by atoms with Gasteiger partial charge in [0, 0.05) is 19.6 Å². The Labute approximate surface area is 110 Å². The predicted molar refractivity (Wildman–Crippen MR) is 71.6 cm³/mol. The van der Waals surface area contributed by atoms with Crippen molar-refractivity contribution in [3.05, 3.63) is 0 Å². The fourth-order valence-electron chi connectivity index (χ4n) is 3.15. The molecule has 1 saturated carbocycles. The van der Waals surface area contributed by atoms with Crippen molar-refractivity contribution in [3.8, 4) is 0 Å². The lowest BCUT2D eigenvalue weighted by atomic mass is 9.89. The summed E-state index contributed by atoms with van der Waals surface area (Å²) in [4.78, 5) is 14.0. The van der Waals surface area contributed by atoms with Crippen LogP contribution < -0.4 is 5.32 Å². The average Bonchev–Trinajstić information content (AvgIpc) is 2.72. The number of hydrogen-bond acceptors (Lipinski definition) is 2. The smallest absolute Gasteiger partial charge is 0.317 e. The summed E-state index contributed by atoms with van der Waals surface area (Å²) in [5.41, 5.74) is 0.319. The average molecular weight is 254 g/mol. The van der Waals surface area contributed by atoms with Crippen LogP contribution in [0.25, 0.3) is 0 Å². The van der Waals surface area contributed by atoms with Gasteiger partial charge in [-0.05, 0) is 32.1 Å². The van der Waals surface area contributed by atoms with Crippen molar-refractivity contribution in [1.29, 1.82) is 0 Å². The van der Waals surface area contributed by atoms with Gasteiger partial charge in [0.25, 0.3) is 0 Å². The van der Waals surface area contributed by atoms with E-state index in [0.717, 1.165) is 6.54 Å². The van der Waals surface area contributed by atoms with Gasteiger partial charge in [0.1, 0.15) is 0 Å². The van der Waals surface area contributed by atoms with Gasteiger partial charge in [-0.2, -0.15) is 0 Å². The Balaban J connectivity index is 1.80. The van der Waals surface area contributed by atoms with Crippen molar-refractivity contribution in [1.82, 2.24) is 10.2 Å². The predicted octanol–water partition coefficient (Wildman–Crippen LogP) is 2.39. The highest BCUT2D eigenvalue weighted by Gasteiger charge is 2.31. The minimum atomic E-state index is 0.0742. The summed E-state index contributed by atoms with van der Waals surface area (Å²) in [6, 6.07) is 0.0742. The molecule has 2 amide bonds. The lowest BCUT2D eigenvalue weighted by Gasteiger charge is -2.36. The van der Waals surface area contributed by atoms with E-state index in [2.05, 4.69) is 12.2 Å². The summed E-state index contributed by atoms with van der Waals surface area (Å²) >= 11 is 0. The SMILES string of the molecule is C[C@@H]1CN(C(=O)NCC2(C)CCCC2)C[C@@H](C)O1. The third kappa shape index (κ3) is 3.37. The van der Waals surface area contributed by atoms with Crippen molar-refractivity contribution >= 4 is 6.03 Å². The van der Waals surface area contributed by atoms with E-state index in [4.69, 9.17) is 4.74 Å². The molecule has 1 heterocycles. The number of carbonyl (C=O) groups excluding carboxylic acids is 1. The Bertz CT molecular complexity index is 290. The number of nitrogens with zero attached hydrogens (tertiary/aromatic N) is 1. The molecule has 1 aliphatic carbocycles. The van der Waals surface area contributed by atoms with Crippen LogP contribution in [0.2, 0.25) is 0 Å². The van der Waals surface area contributed by atoms with Gasteiger partial charge in [-0.1, -0.05) is 19.8 Å². The zero-order chi connectivity index (χ0) is 13.2. The summed E-state index contributed by atoms with van der Waals surface area (Å²) in [5.74, 6) is 0. The second-order valence-electron chi connectivity index (χ2n) is 6.34. The molecule has 1 aliphatic heterocycles. The molecule has 4 nitrogen and oxygen atoms in total. The lowest BCUT2D eigenvalue weighted by Crippen LogP contribution is -2.52. The third-order valence-electron chi connectivity index (χ3n) is 4.18. The molecule has 2 fully saturated rings. The number of nitrogens with one attached hydrogen (secondary N) is 1. The van der Waals surface area contributed by atoms with Gasteiger partial charge in [0.15, 0.2) is 0 Å². The van der Waals surface area contributed by atoms with Gasteiger partial charge in [0.2, 0.25) is 0 Å². The molecule has 2 aliphatic rings. The molecule has 0 aromatic carbocycles. The van der Waals surface area contributed by atoms with E-state index in [1.165, 1.54) is 25.7 Å². The Morgan fingerprint density at radius 1 is 1.28 bits per heavy atom. The molecule has 4 heteroatoms. The monoisotopic (exact) mass is 254 g/mol. The van der Waals surface area contributed by atoms with Crippen LogP contribution in [0.15, 0.2) is 0 Å². The molecule has 1 saturated heterocycles. The molecular weight excluding hydrogens is 228 g/mol. The van der Waals surface area contributed by atoms with Gasteiger partial charge < -0.3 is 15.0 Å². The molecule has 1 N–H and O–H groups in total. The first-order valence-electron chi connectivity index (χ1n) is 7.17. The van der Waals surface area contributed by atoms with Crippen molar-refractivity contribution in [2.75, 3.05) is 19.6 Å². The van der Waals surface area contributed by atoms with E-state index in [1.807, 2.05) is 18.7 Å². The van der Waals surface area contributed by atoms with Crippen molar-refractivity contribution in [2.24, 2.45) is 5.41 Å². The second-order valence-corrected chi connectivity index (χ2v) is 6.34. The molecule has 0 spiro atoms. The van der Waals surface area contributed by atoms with Crippen LogP contribution in [0.4, 0.5) is 4.79 Å². The zero-order valence-electron chi connectivity index (χ0n) is 11.9. The van der Waals surface area contributed by atoms with Gasteiger partial charge >= 0.3 is 6.03 Å². The first kappa shape index (κ1) is 13.7. The fourth-order valence-corrected chi connectivity index (χ4v) is 3.15. The third-order valence-corrected chi connectivity index (χ3v) is 4.18. The van der Waals surface area contributed by atoms with E-state index in [0.29, 0.717) is 18.5 Å². The Morgan fingerprint density at radius 3 is 2.39 bits per heavy atom. The maximum Gasteiger partial charge on any atom is 0.317 e. The molecule has 104 valence electrons. The summed E-state index contributed by atoms with van der Waals surface area (Å²) < 4.78 is 5.64. The van der Waals surface area contributed by atoms with Crippen LogP contribution in [-0.4, -0.2) is 42.8 Å². The van der Waals surface area contributed by atoms with Gasteiger partial charge in [-0.15, -0.1) is 0 Å². The topological polar surface area (TPSA) is 41.6 Å². The number of urea groups is 1. The summed E-state index contributed by atoms with van der Waals surface area (Å²) in [7, 11) is 0. The first-order chi connectivity index (χ1) is 8.48. The van der Waals surface area contributed by atoms with E-state index in [1.54, 1.807) is 0 Å². The van der Waals surface area contributed by atoms with E-state index >= 15 is 0 Å². The first-order valence-corrected chi connectivity index (χ1v) is 7.17. The lowest BCUT2D eigenvalue weighted by molar-refractivity contribution is -0.0546. The van der Waals surface area contributed by atoms with Crippen molar-refractivity contribution < 1.29 is 9.53 Å². The zero-order valence-corrected chi connectivity index (χ0v) is 11.9. The van der Waals surface area contributed by atoms with E-state index < -0.39 is 0 Å². The van der Waals surface area contributed by atoms with Crippen molar-refractivity contribution in [3.63, 3.8) is 0 Å². The highest BCUT2D eigenvalue weighted by molar-refractivity contribution is 5.74. The highest BCUT2D eigenvalue weighted by Crippen LogP contribution is 2.36. The summed E-state index contributed by atoms with van der Waals surface area (Å²) in [6.07, 6.45) is 5.37. The Hall–Kier alpha value is -0.770. The van der Waals surface area contributed by atoms with Gasteiger partial charge in [-0.25, -0.2) is 4.79 Å². The fraction of sp³-hybridized carbons (Fsp3) is 0.929. The highest BCUT2D eigenvalue weighted by atomic mass is 16.5. The van der Waals surface area contributed by atoms with Crippen molar-refractivity contribution in [2.45, 2.75) is 58.7 Å². The number of rotatable bonds is 2. The van der Waals surface area contributed by atoms with Gasteiger partial charge in [0.05, 0.1) is 12.2 Å². The molecule has 0 bridgehead atoms. The number of carbonyl (C=O) groups is 1. The Kier molecular flexibility index (Phi) is 4.15. The molecule has 2 atom stereocenters. The minimum absolute atomic E-state index is 0.0742. The van der Waals surface area contributed by atoms with Crippen LogP contribution in [0.5, 0.6) is 0 Å². The van der Waals surface area contributed by atoms with Crippen LogP contribution in [0.1, 0.15) is 46.5 Å². The standard InChI is InChI=1S/C14H26N2O2/c1-11-8-16(9-12(2)18-11)13(17)15-10-14(3)6-4-5-7-14/h11-12H,4-10H2,1-3H3,(H,15,17)/t11-,12-/m1/s1. The molecule has 2 rings (SSSR count). The summed E-state index contributed by atoms with van der Waals surface area (Å²) in [6.45, 7) is 8.54. The number of hydrogen-bond donors (Lipinski definition) is 1. The largest absolute Gasteiger partial charge is 0.372 e. The number of ether oxygens (including phenoxy) is 1. The number of amides is 2. The van der Waals surface area contributed by atoms with Crippen LogP contribution >= 0.6 is 0 Å². The number of morpholine rings is 1. The molecule has 0 unspecified atom stereocenters. The van der Waals surface area contributed by atoms with Gasteiger partial charge in [-0.3, -0.25) is 0 Å². The second kappa shape index (κ2) is 5.47. The normalized spacial score (nSPS) is 31.4. The van der Waals surface area contributed by atoms with E-state index in [9.17, 15) is 4.79 Å². The molecule has 18 heavy (non-hydrogen) atoms. The van der Waals surface area contributed by atoms with E-state index in [-0.39, 0.29) is 18.2 Å². The maximum absolute atomic E-state index is 12.1. The quantitative estimate of drug-likeness (QED) is 0.822. The minimum Gasteiger partial charge on any atom is -0.372 e. The molecule has 0 aromatic heterocycles. The van der Waals surface area contributed by atoms with Crippen LogP contribution in [0.3, 0.4) is 0 Å². The Morgan fingerprint density at radius 2 is 1.83 bits per heavy atom. The molecule has 0 aromatic rings. The molecular formula is C14H26N2O2. The molecule has 0 radical (unpaired) electrons. The van der Waals surface area contributed by atoms with Crippen LogP contribution in [-0.2, 0) is 4.74 Å². The van der Waals surface area contributed by atoms with Crippen LogP contribution in [0, 0.1) is 5.41 Å². The maximum atomic E-state index is 12.1.